The predicted molar refractivity (Wildman–Crippen MR) is 51.3 cm³/mol. The van der Waals surface area contributed by atoms with E-state index in [0.717, 1.165) is 10.3 Å². The Balaban J connectivity index is 2.86. The standard InChI is InChI=1S/C9H7NO2S/c1-5-2-3-6(9(11)12)7-8(5)13-4-10-7/h2-4H,1H3,(H,11,12). The second-order valence-corrected chi connectivity index (χ2v) is 3.62. The molecule has 0 spiro atoms. The molecule has 0 fully saturated rings. The number of aromatic carboxylic acids is 1. The molecule has 1 aromatic carbocycles. The van der Waals surface area contributed by atoms with Gasteiger partial charge in [-0.25, -0.2) is 9.78 Å². The van der Waals surface area contributed by atoms with Crippen LogP contribution in [-0.4, -0.2) is 16.1 Å². The Morgan fingerprint density at radius 1 is 1.54 bits per heavy atom. The molecule has 1 N–H and O–H groups in total. The highest BCUT2D eigenvalue weighted by molar-refractivity contribution is 7.17. The number of hydrogen-bond acceptors (Lipinski definition) is 3. The molecule has 13 heavy (non-hydrogen) atoms. The predicted octanol–water partition coefficient (Wildman–Crippen LogP) is 2.30. The number of fused-ring (bicyclic) bond motifs is 1. The highest BCUT2D eigenvalue weighted by atomic mass is 32.1. The molecule has 0 saturated heterocycles. The molecule has 2 rings (SSSR count). The lowest BCUT2D eigenvalue weighted by molar-refractivity contribution is 0.0699. The van der Waals surface area contributed by atoms with E-state index < -0.39 is 5.97 Å². The average molecular weight is 193 g/mol. The number of carboxylic acids is 1. The fourth-order valence-corrected chi connectivity index (χ4v) is 2.05. The molecule has 0 radical (unpaired) electrons. The number of benzene rings is 1. The maximum absolute atomic E-state index is 10.8. The lowest BCUT2D eigenvalue weighted by Gasteiger charge is -1.97. The summed E-state index contributed by atoms with van der Waals surface area (Å²) in [4.78, 5) is 14.8. The van der Waals surface area contributed by atoms with Gasteiger partial charge in [-0.1, -0.05) is 6.07 Å². The molecule has 0 aliphatic carbocycles. The highest BCUT2D eigenvalue weighted by Crippen LogP contribution is 2.24. The van der Waals surface area contributed by atoms with Crippen LogP contribution in [-0.2, 0) is 0 Å². The second kappa shape index (κ2) is 2.81. The van der Waals surface area contributed by atoms with E-state index in [0.29, 0.717) is 5.52 Å². The van der Waals surface area contributed by atoms with E-state index in [-0.39, 0.29) is 5.56 Å². The number of carbonyl (C=O) groups is 1. The third-order valence-corrected chi connectivity index (χ3v) is 2.87. The van der Waals surface area contributed by atoms with Crippen molar-refractivity contribution in [3.8, 4) is 0 Å². The van der Waals surface area contributed by atoms with Crippen molar-refractivity contribution in [1.29, 1.82) is 0 Å². The monoisotopic (exact) mass is 193 g/mol. The number of nitrogens with zero attached hydrogens (tertiary/aromatic N) is 1. The maximum Gasteiger partial charge on any atom is 0.337 e. The van der Waals surface area contributed by atoms with Crippen molar-refractivity contribution in [2.24, 2.45) is 0 Å². The van der Waals surface area contributed by atoms with E-state index in [2.05, 4.69) is 4.98 Å². The fourth-order valence-electron chi connectivity index (χ4n) is 1.25. The van der Waals surface area contributed by atoms with Gasteiger partial charge < -0.3 is 5.11 Å². The molecule has 3 nitrogen and oxygen atoms in total. The first-order valence-corrected chi connectivity index (χ1v) is 4.64. The van der Waals surface area contributed by atoms with Gasteiger partial charge in [0, 0.05) is 0 Å². The summed E-state index contributed by atoms with van der Waals surface area (Å²) >= 11 is 1.47. The van der Waals surface area contributed by atoms with Gasteiger partial charge in [0.25, 0.3) is 0 Å². The van der Waals surface area contributed by atoms with E-state index >= 15 is 0 Å². The van der Waals surface area contributed by atoms with Gasteiger partial charge in [0.2, 0.25) is 0 Å². The first-order valence-electron chi connectivity index (χ1n) is 3.76. The summed E-state index contributed by atoms with van der Waals surface area (Å²) in [6.07, 6.45) is 0. The maximum atomic E-state index is 10.8. The Morgan fingerprint density at radius 2 is 2.31 bits per heavy atom. The number of carboxylic acid groups (broad SMARTS) is 1. The van der Waals surface area contributed by atoms with Crippen LogP contribution in [0.1, 0.15) is 15.9 Å². The summed E-state index contributed by atoms with van der Waals surface area (Å²) in [6.45, 7) is 1.95. The Kier molecular flexibility index (Phi) is 1.77. The van der Waals surface area contributed by atoms with Crippen LogP contribution in [0.25, 0.3) is 10.2 Å². The zero-order chi connectivity index (χ0) is 9.42. The molecule has 2 aromatic rings. The van der Waals surface area contributed by atoms with Crippen molar-refractivity contribution >= 4 is 27.5 Å². The molecule has 1 aromatic heterocycles. The minimum atomic E-state index is -0.920. The fraction of sp³-hybridized carbons (Fsp3) is 0.111. The van der Waals surface area contributed by atoms with Gasteiger partial charge in [-0.3, -0.25) is 0 Å². The minimum Gasteiger partial charge on any atom is -0.478 e. The van der Waals surface area contributed by atoms with Crippen LogP contribution in [0.5, 0.6) is 0 Å². The Morgan fingerprint density at radius 3 is 3.00 bits per heavy atom. The molecule has 0 bridgehead atoms. The van der Waals surface area contributed by atoms with Gasteiger partial charge in [-0.15, -0.1) is 11.3 Å². The molecule has 0 aliphatic heterocycles. The SMILES string of the molecule is Cc1ccc(C(=O)O)c2ncsc12. The molecular formula is C9H7NO2S. The summed E-state index contributed by atoms with van der Waals surface area (Å²) < 4.78 is 0.958. The average Bonchev–Trinajstić information content (AvgIpc) is 2.53. The van der Waals surface area contributed by atoms with E-state index in [9.17, 15) is 4.79 Å². The zero-order valence-corrected chi connectivity index (χ0v) is 7.76. The molecule has 4 heteroatoms. The first kappa shape index (κ1) is 8.19. The van der Waals surface area contributed by atoms with Gasteiger partial charge in [0.1, 0.15) is 0 Å². The van der Waals surface area contributed by atoms with E-state index in [1.807, 2.05) is 13.0 Å². The van der Waals surface area contributed by atoms with Crippen LogP contribution < -0.4 is 0 Å². The Hall–Kier alpha value is -1.42. The normalized spacial score (nSPS) is 10.5. The van der Waals surface area contributed by atoms with Crippen molar-refractivity contribution in [2.45, 2.75) is 6.92 Å². The summed E-state index contributed by atoms with van der Waals surface area (Å²) in [7, 11) is 0. The lowest BCUT2D eigenvalue weighted by Crippen LogP contribution is -1.97. The number of hydrogen-bond donors (Lipinski definition) is 1. The molecule has 0 saturated carbocycles. The number of aromatic nitrogens is 1. The second-order valence-electron chi connectivity index (χ2n) is 2.77. The lowest BCUT2D eigenvalue weighted by atomic mass is 10.1. The van der Waals surface area contributed by atoms with E-state index in [4.69, 9.17) is 5.11 Å². The van der Waals surface area contributed by atoms with Crippen molar-refractivity contribution in [3.63, 3.8) is 0 Å². The van der Waals surface area contributed by atoms with Crippen molar-refractivity contribution < 1.29 is 9.90 Å². The van der Waals surface area contributed by atoms with Gasteiger partial charge in [0.15, 0.2) is 0 Å². The molecule has 66 valence electrons. The van der Waals surface area contributed by atoms with Crippen LogP contribution >= 0.6 is 11.3 Å². The first-order chi connectivity index (χ1) is 6.20. The summed E-state index contributed by atoms with van der Waals surface area (Å²) in [6, 6.07) is 3.41. The van der Waals surface area contributed by atoms with Gasteiger partial charge >= 0.3 is 5.97 Å². The molecule has 0 aliphatic rings. The quantitative estimate of drug-likeness (QED) is 0.756. The Labute approximate surface area is 78.7 Å². The number of rotatable bonds is 1. The third kappa shape index (κ3) is 1.19. The third-order valence-electron chi connectivity index (χ3n) is 1.91. The highest BCUT2D eigenvalue weighted by Gasteiger charge is 2.11. The van der Waals surface area contributed by atoms with Crippen LogP contribution in [0.15, 0.2) is 17.6 Å². The molecule has 0 unspecified atom stereocenters. The molecule has 0 atom stereocenters. The van der Waals surface area contributed by atoms with Crippen molar-refractivity contribution in [1.82, 2.24) is 4.98 Å². The molecule has 1 heterocycles. The molecule has 0 amide bonds. The van der Waals surface area contributed by atoms with Gasteiger partial charge in [0.05, 0.1) is 21.3 Å². The van der Waals surface area contributed by atoms with E-state index in [1.165, 1.54) is 11.3 Å². The largest absolute Gasteiger partial charge is 0.478 e. The van der Waals surface area contributed by atoms with Gasteiger partial charge in [-0.05, 0) is 18.6 Å². The summed E-state index contributed by atoms with van der Waals surface area (Å²) in [5.74, 6) is -0.920. The smallest absolute Gasteiger partial charge is 0.337 e. The van der Waals surface area contributed by atoms with Crippen LogP contribution in [0.3, 0.4) is 0 Å². The van der Waals surface area contributed by atoms with Crippen LogP contribution in [0.4, 0.5) is 0 Å². The molecular weight excluding hydrogens is 186 g/mol. The minimum absolute atomic E-state index is 0.279. The zero-order valence-electron chi connectivity index (χ0n) is 6.94. The van der Waals surface area contributed by atoms with Gasteiger partial charge in [-0.2, -0.15) is 0 Å². The number of thiazole rings is 1. The summed E-state index contributed by atoms with van der Waals surface area (Å²) in [5, 5.41) is 8.86. The topological polar surface area (TPSA) is 50.2 Å². The van der Waals surface area contributed by atoms with Crippen LogP contribution in [0, 0.1) is 6.92 Å². The van der Waals surface area contributed by atoms with Crippen molar-refractivity contribution in [3.05, 3.63) is 28.8 Å². The Bertz CT molecular complexity index is 475. The van der Waals surface area contributed by atoms with E-state index in [1.54, 1.807) is 11.6 Å². The number of aryl methyl sites for hydroxylation is 1. The van der Waals surface area contributed by atoms with Crippen LogP contribution in [0.2, 0.25) is 0 Å². The summed E-state index contributed by atoms with van der Waals surface area (Å²) in [5.41, 5.74) is 3.62. The van der Waals surface area contributed by atoms with Crippen molar-refractivity contribution in [2.75, 3.05) is 0 Å².